The van der Waals surface area contributed by atoms with Crippen molar-refractivity contribution in [3.63, 3.8) is 0 Å². The van der Waals surface area contributed by atoms with E-state index < -0.39 is 24.5 Å². The Morgan fingerprint density at radius 3 is 2.60 bits per heavy atom. The van der Waals surface area contributed by atoms with Crippen LogP contribution >= 0.6 is 22.9 Å². The van der Waals surface area contributed by atoms with E-state index in [-0.39, 0.29) is 5.69 Å². The van der Waals surface area contributed by atoms with Crippen molar-refractivity contribution in [2.75, 3.05) is 19.0 Å². The maximum Gasteiger partial charge on any atom is 0.358 e. The molecular weight excluding hydrogens is 430 g/mol. The molecule has 3 rings (SSSR count). The third kappa shape index (κ3) is 5.79. The first-order chi connectivity index (χ1) is 14.4. The molecule has 0 saturated heterocycles. The van der Waals surface area contributed by atoms with Gasteiger partial charge in [-0.15, -0.1) is 11.3 Å². The predicted octanol–water partition coefficient (Wildman–Crippen LogP) is 3.98. The Morgan fingerprint density at radius 1 is 1.13 bits per heavy atom. The van der Waals surface area contributed by atoms with Gasteiger partial charge in [-0.25, -0.2) is 14.6 Å². The Balaban J connectivity index is 1.48. The molecule has 0 radical (unpaired) electrons. The van der Waals surface area contributed by atoms with Gasteiger partial charge in [0.2, 0.25) is 0 Å². The van der Waals surface area contributed by atoms with E-state index in [1.807, 2.05) is 6.07 Å². The number of urea groups is 1. The Kier molecular flexibility index (Phi) is 6.99. The van der Waals surface area contributed by atoms with E-state index in [1.165, 1.54) is 23.8 Å². The summed E-state index contributed by atoms with van der Waals surface area (Å²) in [5.41, 5.74) is 1.29. The van der Waals surface area contributed by atoms with Crippen LogP contribution in [0.1, 0.15) is 10.5 Å². The molecule has 0 saturated carbocycles. The van der Waals surface area contributed by atoms with E-state index in [9.17, 15) is 14.4 Å². The Hall–Kier alpha value is -3.43. The normalized spacial score (nSPS) is 10.2. The van der Waals surface area contributed by atoms with Gasteiger partial charge in [-0.05, 0) is 36.4 Å². The van der Waals surface area contributed by atoms with E-state index in [4.69, 9.17) is 21.1 Å². The maximum atomic E-state index is 12.1. The monoisotopic (exact) mass is 445 g/mol. The summed E-state index contributed by atoms with van der Waals surface area (Å²) in [6.45, 7) is -0.626. The molecule has 2 aromatic carbocycles. The van der Waals surface area contributed by atoms with Gasteiger partial charge in [0.25, 0.3) is 5.91 Å². The second kappa shape index (κ2) is 9.86. The molecule has 154 valence electrons. The summed E-state index contributed by atoms with van der Waals surface area (Å²) < 4.78 is 9.93. The molecular formula is C20H16ClN3O5S. The fraction of sp³-hybridized carbons (Fsp3) is 0.100. The Bertz CT molecular complexity index is 1070. The number of hydrogen-bond donors (Lipinski definition) is 2. The van der Waals surface area contributed by atoms with Crippen LogP contribution in [0.4, 0.5) is 10.5 Å². The third-order valence-electron chi connectivity index (χ3n) is 3.72. The number of hydrogen-bond acceptors (Lipinski definition) is 7. The number of rotatable bonds is 6. The quantitative estimate of drug-likeness (QED) is 0.556. The van der Waals surface area contributed by atoms with Gasteiger partial charge in [-0.1, -0.05) is 23.7 Å². The summed E-state index contributed by atoms with van der Waals surface area (Å²) >= 11 is 7.20. The molecule has 0 spiro atoms. The highest BCUT2D eigenvalue weighted by molar-refractivity contribution is 7.13. The van der Waals surface area contributed by atoms with Gasteiger partial charge in [0.05, 0.1) is 7.11 Å². The van der Waals surface area contributed by atoms with Crippen LogP contribution in [0.3, 0.4) is 0 Å². The number of anilines is 1. The second-order valence-electron chi connectivity index (χ2n) is 5.86. The van der Waals surface area contributed by atoms with E-state index >= 15 is 0 Å². The summed E-state index contributed by atoms with van der Waals surface area (Å²) in [4.78, 5) is 40.0. The number of nitrogens with zero attached hydrogens (tertiary/aromatic N) is 1. The average molecular weight is 446 g/mol. The fourth-order valence-corrected chi connectivity index (χ4v) is 3.30. The molecule has 30 heavy (non-hydrogen) atoms. The lowest BCUT2D eigenvalue weighted by atomic mass is 10.2. The van der Waals surface area contributed by atoms with Crippen LogP contribution in [0.2, 0.25) is 5.02 Å². The van der Waals surface area contributed by atoms with Crippen LogP contribution in [0, 0.1) is 0 Å². The number of halogens is 1. The maximum absolute atomic E-state index is 12.1. The van der Waals surface area contributed by atoms with Crippen molar-refractivity contribution in [3.8, 4) is 16.3 Å². The van der Waals surface area contributed by atoms with Gasteiger partial charge in [0.15, 0.2) is 12.3 Å². The molecule has 0 fully saturated rings. The number of thiazole rings is 1. The van der Waals surface area contributed by atoms with E-state index in [2.05, 4.69) is 15.6 Å². The summed E-state index contributed by atoms with van der Waals surface area (Å²) in [5.74, 6) is -0.922. The van der Waals surface area contributed by atoms with E-state index in [1.54, 1.807) is 42.5 Å². The lowest BCUT2D eigenvalue weighted by Crippen LogP contribution is -2.37. The van der Waals surface area contributed by atoms with Gasteiger partial charge in [0, 0.05) is 21.7 Å². The van der Waals surface area contributed by atoms with E-state index in [0.29, 0.717) is 21.5 Å². The predicted molar refractivity (Wildman–Crippen MR) is 113 cm³/mol. The number of carbonyl (C=O) groups is 3. The Morgan fingerprint density at radius 2 is 1.90 bits per heavy atom. The van der Waals surface area contributed by atoms with Crippen LogP contribution in [0.15, 0.2) is 53.9 Å². The molecule has 0 aliphatic heterocycles. The van der Waals surface area contributed by atoms with Crippen LogP contribution in [-0.2, 0) is 9.53 Å². The molecule has 1 aromatic heterocycles. The SMILES string of the molecule is COc1ccc(NC(=O)NC(=O)COC(=O)c2csc(-c3cccc(Cl)c3)n2)cc1. The highest BCUT2D eigenvalue weighted by atomic mass is 35.5. The summed E-state index contributed by atoms with van der Waals surface area (Å²) in [6, 6.07) is 12.8. The molecule has 3 aromatic rings. The number of amides is 3. The molecule has 8 nitrogen and oxygen atoms in total. The number of carbonyl (C=O) groups excluding carboxylic acids is 3. The van der Waals surface area contributed by atoms with Gasteiger partial charge >= 0.3 is 12.0 Å². The highest BCUT2D eigenvalue weighted by Crippen LogP contribution is 2.26. The van der Waals surface area contributed by atoms with Crippen molar-refractivity contribution in [1.29, 1.82) is 0 Å². The molecule has 0 unspecified atom stereocenters. The van der Waals surface area contributed by atoms with Gasteiger partial charge in [-0.2, -0.15) is 0 Å². The molecule has 2 N–H and O–H groups in total. The number of nitrogens with one attached hydrogen (secondary N) is 2. The fourth-order valence-electron chi connectivity index (χ4n) is 2.33. The van der Waals surface area contributed by atoms with Crippen molar-refractivity contribution in [3.05, 3.63) is 64.6 Å². The number of aromatic nitrogens is 1. The summed E-state index contributed by atoms with van der Waals surface area (Å²) in [6.07, 6.45) is 0. The second-order valence-corrected chi connectivity index (χ2v) is 7.15. The average Bonchev–Trinajstić information content (AvgIpc) is 3.23. The van der Waals surface area contributed by atoms with Crippen LogP contribution in [0.5, 0.6) is 5.75 Å². The highest BCUT2D eigenvalue weighted by Gasteiger charge is 2.16. The van der Waals surface area contributed by atoms with Crippen molar-refractivity contribution in [1.82, 2.24) is 10.3 Å². The van der Waals surface area contributed by atoms with Crippen LogP contribution in [0.25, 0.3) is 10.6 Å². The zero-order valence-corrected chi connectivity index (χ0v) is 17.3. The molecule has 3 amide bonds. The van der Waals surface area contributed by atoms with Gasteiger partial charge < -0.3 is 14.8 Å². The zero-order valence-electron chi connectivity index (χ0n) is 15.7. The Labute approximate surface area is 180 Å². The summed E-state index contributed by atoms with van der Waals surface area (Å²) in [7, 11) is 1.53. The third-order valence-corrected chi connectivity index (χ3v) is 4.85. The van der Waals surface area contributed by atoms with Crippen molar-refractivity contribution in [2.24, 2.45) is 0 Å². The molecule has 0 atom stereocenters. The molecule has 0 bridgehead atoms. The summed E-state index contributed by atoms with van der Waals surface area (Å²) in [5, 5.41) is 7.22. The number of benzene rings is 2. The first-order valence-electron chi connectivity index (χ1n) is 8.58. The van der Waals surface area contributed by atoms with Crippen LogP contribution in [-0.4, -0.2) is 36.6 Å². The number of imide groups is 1. The van der Waals surface area contributed by atoms with Crippen molar-refractivity contribution < 1.29 is 23.9 Å². The smallest absolute Gasteiger partial charge is 0.358 e. The zero-order chi connectivity index (χ0) is 21.5. The van der Waals surface area contributed by atoms with Gasteiger partial charge in [-0.3, -0.25) is 10.1 Å². The lowest BCUT2D eigenvalue weighted by molar-refractivity contribution is -0.123. The standard InChI is InChI=1S/C20H16ClN3O5S/c1-28-15-7-5-14(6-8-15)22-20(27)24-17(25)10-29-19(26)16-11-30-18(23-16)12-3-2-4-13(21)9-12/h2-9,11H,10H2,1H3,(H2,22,24,25,27). The van der Waals surface area contributed by atoms with E-state index in [0.717, 1.165) is 5.56 Å². The first kappa shape index (κ1) is 21.3. The molecule has 0 aliphatic rings. The molecule has 1 heterocycles. The largest absolute Gasteiger partial charge is 0.497 e. The topological polar surface area (TPSA) is 107 Å². The van der Waals surface area contributed by atoms with Crippen molar-refractivity contribution in [2.45, 2.75) is 0 Å². The number of ether oxygens (including phenoxy) is 2. The van der Waals surface area contributed by atoms with Crippen LogP contribution < -0.4 is 15.4 Å². The van der Waals surface area contributed by atoms with Gasteiger partial charge in [0.1, 0.15) is 10.8 Å². The number of esters is 1. The minimum atomic E-state index is -0.778. The lowest BCUT2D eigenvalue weighted by Gasteiger charge is -2.07. The molecule has 0 aliphatic carbocycles. The molecule has 10 heteroatoms. The minimum Gasteiger partial charge on any atom is -0.497 e. The number of methoxy groups -OCH3 is 1. The van der Waals surface area contributed by atoms with Crippen molar-refractivity contribution >= 4 is 46.5 Å². The first-order valence-corrected chi connectivity index (χ1v) is 9.84. The minimum absolute atomic E-state index is 0.0606.